The lowest BCUT2D eigenvalue weighted by Crippen LogP contribution is -2.51. The zero-order valence-electron chi connectivity index (χ0n) is 23.0. The number of carbonyl (C=O) groups is 2. The first-order valence-electron chi connectivity index (χ1n) is 12.9. The normalized spacial score (nSPS) is 12.2. The number of hydrogen-bond acceptors (Lipinski definition) is 4. The van der Waals surface area contributed by atoms with Gasteiger partial charge in [0.15, 0.2) is 0 Å². The maximum Gasteiger partial charge on any atom is 0.264 e. The van der Waals surface area contributed by atoms with Crippen molar-refractivity contribution < 1.29 is 18.0 Å². The molecular weight excluding hydrogens is 534 g/mol. The van der Waals surface area contributed by atoms with E-state index in [4.69, 9.17) is 11.6 Å². The van der Waals surface area contributed by atoms with E-state index in [1.54, 1.807) is 44.2 Å². The van der Waals surface area contributed by atoms with E-state index in [0.29, 0.717) is 22.8 Å². The molecule has 0 saturated carbocycles. The highest BCUT2D eigenvalue weighted by molar-refractivity contribution is 7.92. The summed E-state index contributed by atoms with van der Waals surface area (Å²) in [6.45, 7) is 9.30. The number of amides is 2. The molecule has 7 nitrogen and oxygen atoms in total. The van der Waals surface area contributed by atoms with Crippen molar-refractivity contribution in [1.82, 2.24) is 10.2 Å². The lowest BCUT2D eigenvalue weighted by molar-refractivity contribution is -0.139. The highest BCUT2D eigenvalue weighted by Gasteiger charge is 2.33. The average molecular weight is 570 g/mol. The third-order valence-electron chi connectivity index (χ3n) is 6.44. The molecule has 9 heteroatoms. The predicted octanol–water partition coefficient (Wildman–Crippen LogP) is 5.34. The van der Waals surface area contributed by atoms with Gasteiger partial charge in [-0.05, 0) is 62.1 Å². The number of halogens is 1. The van der Waals surface area contributed by atoms with Crippen LogP contribution in [0.15, 0.2) is 77.7 Å². The second-order valence-electron chi connectivity index (χ2n) is 10.0. The van der Waals surface area contributed by atoms with E-state index >= 15 is 0 Å². The molecule has 0 heterocycles. The number of benzene rings is 3. The van der Waals surface area contributed by atoms with Gasteiger partial charge in [0.1, 0.15) is 12.6 Å². The van der Waals surface area contributed by atoms with Crippen LogP contribution < -0.4 is 9.62 Å². The number of carbonyl (C=O) groups excluding carboxylic acids is 2. The molecule has 1 atom stereocenters. The number of aryl methyl sites for hydroxylation is 1. The van der Waals surface area contributed by atoms with Crippen LogP contribution in [-0.4, -0.2) is 44.3 Å². The van der Waals surface area contributed by atoms with Gasteiger partial charge in [0.05, 0.1) is 10.6 Å². The first-order valence-corrected chi connectivity index (χ1v) is 14.7. The molecule has 2 amide bonds. The second-order valence-corrected chi connectivity index (χ2v) is 12.3. The zero-order chi connectivity index (χ0) is 28.7. The summed E-state index contributed by atoms with van der Waals surface area (Å²) in [5.74, 6) is -0.582. The maximum atomic E-state index is 14.0. The molecule has 0 aromatic heterocycles. The molecule has 39 heavy (non-hydrogen) atoms. The summed E-state index contributed by atoms with van der Waals surface area (Å²) in [7, 11) is -4.15. The van der Waals surface area contributed by atoms with Gasteiger partial charge in [-0.2, -0.15) is 0 Å². The summed E-state index contributed by atoms with van der Waals surface area (Å²) in [6.07, 6.45) is 0. The minimum Gasteiger partial charge on any atom is -0.354 e. The maximum absolute atomic E-state index is 14.0. The standard InChI is InChI=1S/C30H36ClN3O4S/c1-21(2)18-32-30(36)24(5)33(19-25-10-7-6-8-11-25)29(35)20-34(28-13-9-12-27(31)23(28)4)39(37,38)26-16-14-22(3)15-17-26/h6-17,21,24H,18-20H2,1-5H3,(H,32,36). The van der Waals surface area contributed by atoms with Crippen LogP contribution in [0.25, 0.3) is 0 Å². The first-order chi connectivity index (χ1) is 18.4. The van der Waals surface area contributed by atoms with Crippen molar-refractivity contribution in [3.63, 3.8) is 0 Å². The Morgan fingerprint density at radius 2 is 1.54 bits per heavy atom. The molecule has 0 saturated heterocycles. The Balaban J connectivity index is 2.04. The number of rotatable bonds is 11. The smallest absolute Gasteiger partial charge is 0.264 e. The molecule has 0 aliphatic carbocycles. The van der Waals surface area contributed by atoms with Crippen molar-refractivity contribution in [3.05, 3.63) is 94.5 Å². The van der Waals surface area contributed by atoms with Crippen LogP contribution in [0.4, 0.5) is 5.69 Å². The molecule has 1 unspecified atom stereocenters. The Labute approximate surface area is 236 Å². The Morgan fingerprint density at radius 3 is 2.15 bits per heavy atom. The lowest BCUT2D eigenvalue weighted by Gasteiger charge is -2.32. The first kappa shape index (κ1) is 30.2. The third-order valence-corrected chi connectivity index (χ3v) is 8.63. The molecule has 0 bridgehead atoms. The van der Waals surface area contributed by atoms with Crippen LogP contribution in [0.5, 0.6) is 0 Å². The van der Waals surface area contributed by atoms with Gasteiger partial charge in [0.2, 0.25) is 11.8 Å². The van der Waals surface area contributed by atoms with E-state index in [1.807, 2.05) is 51.1 Å². The molecule has 0 aliphatic heterocycles. The number of nitrogens with one attached hydrogen (secondary N) is 1. The largest absolute Gasteiger partial charge is 0.354 e. The van der Waals surface area contributed by atoms with Crippen LogP contribution in [0.2, 0.25) is 5.02 Å². The van der Waals surface area contributed by atoms with E-state index in [1.165, 1.54) is 17.0 Å². The predicted molar refractivity (Wildman–Crippen MR) is 156 cm³/mol. The van der Waals surface area contributed by atoms with Crippen molar-refractivity contribution >= 4 is 39.1 Å². The van der Waals surface area contributed by atoms with Crippen LogP contribution in [0.1, 0.15) is 37.5 Å². The minimum absolute atomic E-state index is 0.0533. The molecule has 208 valence electrons. The molecule has 1 N–H and O–H groups in total. The Hall–Kier alpha value is -3.36. The van der Waals surface area contributed by atoms with E-state index < -0.39 is 28.5 Å². The summed E-state index contributed by atoms with van der Waals surface area (Å²) >= 11 is 6.36. The van der Waals surface area contributed by atoms with Crippen LogP contribution >= 0.6 is 11.6 Å². The molecule has 3 aromatic carbocycles. The van der Waals surface area contributed by atoms with Gasteiger partial charge in [-0.3, -0.25) is 13.9 Å². The van der Waals surface area contributed by atoms with Crippen molar-refractivity contribution in [3.8, 4) is 0 Å². The minimum atomic E-state index is -4.15. The van der Waals surface area contributed by atoms with E-state index in [0.717, 1.165) is 15.4 Å². The summed E-state index contributed by atoms with van der Waals surface area (Å²) in [5.41, 5.74) is 2.56. The molecule has 0 radical (unpaired) electrons. The van der Waals surface area contributed by atoms with Crippen LogP contribution in [-0.2, 0) is 26.2 Å². The van der Waals surface area contributed by atoms with Crippen molar-refractivity contribution in [2.75, 3.05) is 17.4 Å². The Kier molecular flexibility index (Phi) is 10.2. The fraction of sp³-hybridized carbons (Fsp3) is 0.333. The fourth-order valence-electron chi connectivity index (χ4n) is 4.03. The molecular formula is C30H36ClN3O4S. The summed E-state index contributed by atoms with van der Waals surface area (Å²) in [4.78, 5) is 28.5. The molecule has 0 aliphatic rings. The van der Waals surface area contributed by atoms with Crippen LogP contribution in [0, 0.1) is 19.8 Å². The number of anilines is 1. The molecule has 3 aromatic rings. The number of hydrogen-bond donors (Lipinski definition) is 1. The second kappa shape index (κ2) is 13.1. The van der Waals surface area contributed by atoms with Crippen molar-refractivity contribution in [2.45, 2.75) is 52.1 Å². The quantitative estimate of drug-likeness (QED) is 0.338. The third kappa shape index (κ3) is 7.61. The summed E-state index contributed by atoms with van der Waals surface area (Å²) in [6, 6.07) is 19.9. The monoisotopic (exact) mass is 569 g/mol. The summed E-state index contributed by atoms with van der Waals surface area (Å²) < 4.78 is 29.0. The van der Waals surface area contributed by atoms with E-state index in [2.05, 4.69) is 5.32 Å². The van der Waals surface area contributed by atoms with Crippen molar-refractivity contribution in [2.24, 2.45) is 5.92 Å². The zero-order valence-corrected chi connectivity index (χ0v) is 24.6. The van der Waals surface area contributed by atoms with E-state index in [9.17, 15) is 18.0 Å². The van der Waals surface area contributed by atoms with Gasteiger partial charge in [-0.15, -0.1) is 0 Å². The van der Waals surface area contributed by atoms with Gasteiger partial charge in [-0.25, -0.2) is 8.42 Å². The van der Waals surface area contributed by atoms with Gasteiger partial charge in [0, 0.05) is 18.1 Å². The highest BCUT2D eigenvalue weighted by atomic mass is 35.5. The number of sulfonamides is 1. The number of nitrogens with zero attached hydrogens (tertiary/aromatic N) is 2. The van der Waals surface area contributed by atoms with Gasteiger partial charge >= 0.3 is 0 Å². The van der Waals surface area contributed by atoms with Gasteiger partial charge in [-0.1, -0.05) is 79.5 Å². The highest BCUT2D eigenvalue weighted by Crippen LogP contribution is 2.31. The average Bonchev–Trinajstić information content (AvgIpc) is 2.91. The topological polar surface area (TPSA) is 86.8 Å². The van der Waals surface area contributed by atoms with Gasteiger partial charge < -0.3 is 10.2 Å². The molecule has 3 rings (SSSR count). The lowest BCUT2D eigenvalue weighted by atomic mass is 10.1. The molecule has 0 fully saturated rings. The van der Waals surface area contributed by atoms with E-state index in [-0.39, 0.29) is 23.3 Å². The molecule has 0 spiro atoms. The van der Waals surface area contributed by atoms with Crippen LogP contribution in [0.3, 0.4) is 0 Å². The van der Waals surface area contributed by atoms with Crippen molar-refractivity contribution in [1.29, 1.82) is 0 Å². The summed E-state index contributed by atoms with van der Waals surface area (Å²) in [5, 5.41) is 3.26. The Morgan fingerprint density at radius 1 is 0.897 bits per heavy atom. The fourth-order valence-corrected chi connectivity index (χ4v) is 5.67. The Bertz CT molecular complexity index is 1390. The van der Waals surface area contributed by atoms with Gasteiger partial charge in [0.25, 0.3) is 10.0 Å². The SMILES string of the molecule is Cc1ccc(S(=O)(=O)N(CC(=O)N(Cc2ccccc2)C(C)C(=O)NCC(C)C)c2cccc(Cl)c2C)cc1.